The molecule has 98 valence electrons. The van der Waals surface area contributed by atoms with Crippen molar-refractivity contribution in [2.45, 2.75) is 6.54 Å². The lowest BCUT2D eigenvalue weighted by molar-refractivity contribution is 0.622. The minimum atomic E-state index is -0.474. The Morgan fingerprint density at radius 1 is 1.15 bits per heavy atom. The third-order valence-electron chi connectivity index (χ3n) is 3.24. The number of benzene rings is 2. The first-order chi connectivity index (χ1) is 9.67. The molecule has 0 saturated heterocycles. The Morgan fingerprint density at radius 3 is 2.80 bits per heavy atom. The fourth-order valence-electron chi connectivity index (χ4n) is 2.26. The molecule has 3 aromatic rings. The van der Waals surface area contributed by atoms with Gasteiger partial charge in [0.15, 0.2) is 0 Å². The molecule has 0 saturated carbocycles. The monoisotopic (exact) mass is 328 g/mol. The quantitative estimate of drug-likeness (QED) is 0.682. The average Bonchev–Trinajstić information content (AvgIpc) is 2.83. The summed E-state index contributed by atoms with van der Waals surface area (Å²) in [5, 5.41) is 10.0. The molecule has 3 rings (SSSR count). The molecular formula is C16H10BrFN2. The summed E-state index contributed by atoms with van der Waals surface area (Å²) in [5.41, 5.74) is 2.10. The van der Waals surface area contributed by atoms with Gasteiger partial charge in [-0.25, -0.2) is 4.39 Å². The summed E-state index contributed by atoms with van der Waals surface area (Å²) >= 11 is 3.45. The molecule has 2 aromatic carbocycles. The summed E-state index contributed by atoms with van der Waals surface area (Å²) < 4.78 is 16.4. The molecule has 0 aliphatic heterocycles. The third-order valence-corrected chi connectivity index (χ3v) is 3.73. The molecule has 2 nitrogen and oxygen atoms in total. The molecule has 0 aliphatic carbocycles. The van der Waals surface area contributed by atoms with Gasteiger partial charge < -0.3 is 4.57 Å². The van der Waals surface area contributed by atoms with Gasteiger partial charge in [0, 0.05) is 28.1 Å². The summed E-state index contributed by atoms with van der Waals surface area (Å²) in [6.45, 7) is 0.611. The molecule has 0 unspecified atom stereocenters. The van der Waals surface area contributed by atoms with E-state index in [1.54, 1.807) is 12.1 Å². The largest absolute Gasteiger partial charge is 0.343 e. The van der Waals surface area contributed by atoms with Gasteiger partial charge in [-0.1, -0.05) is 22.0 Å². The lowest BCUT2D eigenvalue weighted by atomic mass is 10.1. The van der Waals surface area contributed by atoms with E-state index in [9.17, 15) is 4.39 Å². The number of rotatable bonds is 2. The summed E-state index contributed by atoms with van der Waals surface area (Å²) in [4.78, 5) is 0. The SMILES string of the molecule is N#Cc1cc(Cn2ccc3cc(Br)ccc32)ccc1F. The molecule has 0 N–H and O–H groups in total. The van der Waals surface area contributed by atoms with Crippen LogP contribution in [-0.2, 0) is 6.54 Å². The van der Waals surface area contributed by atoms with E-state index in [-0.39, 0.29) is 5.56 Å². The van der Waals surface area contributed by atoms with Gasteiger partial charge in [-0.15, -0.1) is 0 Å². The second-order valence-corrected chi connectivity index (χ2v) is 5.49. The second kappa shape index (κ2) is 5.10. The van der Waals surface area contributed by atoms with Crippen LogP contribution in [0.25, 0.3) is 10.9 Å². The molecule has 20 heavy (non-hydrogen) atoms. The highest BCUT2D eigenvalue weighted by Crippen LogP contribution is 2.22. The van der Waals surface area contributed by atoms with Crippen molar-refractivity contribution in [1.82, 2.24) is 4.57 Å². The molecule has 1 aromatic heterocycles. The van der Waals surface area contributed by atoms with Crippen molar-refractivity contribution in [3.63, 3.8) is 0 Å². The van der Waals surface area contributed by atoms with Crippen LogP contribution in [0.15, 0.2) is 53.1 Å². The number of hydrogen-bond donors (Lipinski definition) is 0. The maximum absolute atomic E-state index is 13.3. The smallest absolute Gasteiger partial charge is 0.140 e. The van der Waals surface area contributed by atoms with Crippen LogP contribution >= 0.6 is 15.9 Å². The standard InChI is InChI=1S/C16H10BrFN2/c17-14-2-4-16-12(8-14)5-6-20(16)10-11-1-3-15(18)13(7-11)9-19/h1-8H,10H2. The lowest BCUT2D eigenvalue weighted by Gasteiger charge is -2.06. The van der Waals surface area contributed by atoms with Gasteiger partial charge in [0.2, 0.25) is 0 Å². The molecule has 0 atom stereocenters. The molecule has 0 fully saturated rings. The summed E-state index contributed by atoms with van der Waals surface area (Å²) in [5.74, 6) is -0.474. The Bertz CT molecular complexity index is 830. The fraction of sp³-hybridized carbons (Fsp3) is 0.0625. The molecular weight excluding hydrogens is 319 g/mol. The Balaban J connectivity index is 1.99. The predicted octanol–water partition coefficient (Wildman–Crippen LogP) is 4.46. The van der Waals surface area contributed by atoms with E-state index in [0.717, 1.165) is 20.9 Å². The number of halogens is 2. The molecule has 4 heteroatoms. The van der Waals surface area contributed by atoms with Crippen molar-refractivity contribution in [2.75, 3.05) is 0 Å². The summed E-state index contributed by atoms with van der Waals surface area (Å²) in [7, 11) is 0. The Hall–Kier alpha value is -2.12. The lowest BCUT2D eigenvalue weighted by Crippen LogP contribution is -1.99. The average molecular weight is 329 g/mol. The van der Waals surface area contributed by atoms with Crippen molar-refractivity contribution in [2.24, 2.45) is 0 Å². The normalized spacial score (nSPS) is 10.7. The van der Waals surface area contributed by atoms with E-state index >= 15 is 0 Å². The maximum atomic E-state index is 13.3. The minimum Gasteiger partial charge on any atom is -0.343 e. The molecule has 1 heterocycles. The van der Waals surface area contributed by atoms with E-state index in [1.807, 2.05) is 30.5 Å². The number of hydrogen-bond acceptors (Lipinski definition) is 1. The topological polar surface area (TPSA) is 28.7 Å². The third kappa shape index (κ3) is 2.33. The Morgan fingerprint density at radius 2 is 2.00 bits per heavy atom. The summed E-state index contributed by atoms with van der Waals surface area (Å²) in [6, 6.07) is 14.6. The zero-order valence-electron chi connectivity index (χ0n) is 10.5. The van der Waals surface area contributed by atoms with E-state index in [0.29, 0.717) is 6.54 Å². The first-order valence-corrected chi connectivity index (χ1v) is 6.89. The van der Waals surface area contributed by atoms with Crippen LogP contribution in [0.3, 0.4) is 0 Å². The van der Waals surface area contributed by atoms with Gasteiger partial charge in [-0.2, -0.15) is 5.26 Å². The summed E-state index contributed by atoms with van der Waals surface area (Å²) in [6.07, 6.45) is 1.99. The van der Waals surface area contributed by atoms with E-state index in [2.05, 4.69) is 26.6 Å². The molecule has 0 spiro atoms. The van der Waals surface area contributed by atoms with Crippen LogP contribution in [0, 0.1) is 17.1 Å². The van der Waals surface area contributed by atoms with Gasteiger partial charge in [0.25, 0.3) is 0 Å². The van der Waals surface area contributed by atoms with Gasteiger partial charge in [0.05, 0.1) is 5.56 Å². The van der Waals surface area contributed by atoms with Crippen LogP contribution in [0.5, 0.6) is 0 Å². The molecule has 0 aliphatic rings. The number of nitriles is 1. The van der Waals surface area contributed by atoms with E-state index < -0.39 is 5.82 Å². The predicted molar refractivity (Wildman–Crippen MR) is 79.9 cm³/mol. The van der Waals surface area contributed by atoms with Crippen molar-refractivity contribution in [3.05, 3.63) is 70.1 Å². The number of aromatic nitrogens is 1. The molecule has 0 amide bonds. The van der Waals surface area contributed by atoms with E-state index in [4.69, 9.17) is 5.26 Å². The highest BCUT2D eigenvalue weighted by molar-refractivity contribution is 9.10. The minimum absolute atomic E-state index is 0.0849. The van der Waals surface area contributed by atoms with Crippen LogP contribution in [-0.4, -0.2) is 4.57 Å². The van der Waals surface area contributed by atoms with Gasteiger partial charge >= 0.3 is 0 Å². The van der Waals surface area contributed by atoms with E-state index in [1.165, 1.54) is 6.07 Å². The zero-order valence-corrected chi connectivity index (χ0v) is 12.1. The first kappa shape index (κ1) is 12.9. The first-order valence-electron chi connectivity index (χ1n) is 6.10. The maximum Gasteiger partial charge on any atom is 0.140 e. The van der Waals surface area contributed by atoms with Crippen LogP contribution in [0.2, 0.25) is 0 Å². The highest BCUT2D eigenvalue weighted by Gasteiger charge is 2.05. The van der Waals surface area contributed by atoms with Gasteiger partial charge in [-0.3, -0.25) is 0 Å². The van der Waals surface area contributed by atoms with Gasteiger partial charge in [-0.05, 0) is 42.0 Å². The number of nitrogens with zero attached hydrogens (tertiary/aromatic N) is 2. The van der Waals surface area contributed by atoms with Crippen molar-refractivity contribution in [1.29, 1.82) is 5.26 Å². The molecule has 0 radical (unpaired) electrons. The van der Waals surface area contributed by atoms with Crippen LogP contribution < -0.4 is 0 Å². The van der Waals surface area contributed by atoms with Crippen molar-refractivity contribution in [3.8, 4) is 6.07 Å². The highest BCUT2D eigenvalue weighted by atomic mass is 79.9. The van der Waals surface area contributed by atoms with Crippen molar-refractivity contribution >= 4 is 26.8 Å². The molecule has 0 bridgehead atoms. The van der Waals surface area contributed by atoms with Crippen LogP contribution in [0.1, 0.15) is 11.1 Å². The Kier molecular flexibility index (Phi) is 3.29. The fourth-order valence-corrected chi connectivity index (χ4v) is 2.64. The van der Waals surface area contributed by atoms with Crippen LogP contribution in [0.4, 0.5) is 4.39 Å². The second-order valence-electron chi connectivity index (χ2n) is 4.57. The van der Waals surface area contributed by atoms with Gasteiger partial charge in [0.1, 0.15) is 11.9 Å². The number of fused-ring (bicyclic) bond motifs is 1. The van der Waals surface area contributed by atoms with Crippen molar-refractivity contribution < 1.29 is 4.39 Å². The zero-order chi connectivity index (χ0) is 14.1. The Labute approximate surface area is 124 Å².